The zero-order chi connectivity index (χ0) is 11.5. The highest BCUT2D eigenvalue weighted by Gasteiger charge is 2.17. The monoisotopic (exact) mass is 237 g/mol. The molecule has 1 N–H and O–H groups in total. The number of ether oxygens (including phenoxy) is 1. The number of anilines is 1. The molecule has 3 nitrogen and oxygen atoms in total. The number of fused-ring (bicyclic) bond motifs is 1. The first-order valence-electron chi connectivity index (χ1n) is 5.39. The number of hydrogen-bond donors (Lipinski definition) is 1. The quantitative estimate of drug-likeness (QED) is 0.859. The van der Waals surface area contributed by atoms with Gasteiger partial charge in [-0.15, -0.1) is 11.8 Å². The van der Waals surface area contributed by atoms with Crippen molar-refractivity contribution in [2.45, 2.75) is 31.3 Å². The topological polar surface area (TPSA) is 38.3 Å². The average molecular weight is 237 g/mol. The summed E-state index contributed by atoms with van der Waals surface area (Å²) in [5.41, 5.74) is 0.823. The van der Waals surface area contributed by atoms with Crippen LogP contribution in [0, 0.1) is 0 Å². The number of amides is 1. The van der Waals surface area contributed by atoms with Crippen molar-refractivity contribution in [1.29, 1.82) is 0 Å². The Morgan fingerprint density at radius 2 is 2.25 bits per heavy atom. The summed E-state index contributed by atoms with van der Waals surface area (Å²) in [6.45, 7) is 3.95. The molecule has 0 saturated carbocycles. The zero-order valence-corrected chi connectivity index (χ0v) is 10.3. The van der Waals surface area contributed by atoms with Gasteiger partial charge in [0.2, 0.25) is 5.91 Å². The van der Waals surface area contributed by atoms with Gasteiger partial charge in [-0.3, -0.25) is 4.79 Å². The second-order valence-electron chi connectivity index (χ2n) is 3.94. The standard InChI is InChI=1S/C12H15NO2S/c1-8(2)15-9-4-3-5-10-12(9)13-11(14)6-7-16-10/h3-5,8H,6-7H2,1-2H3,(H,13,14). The minimum atomic E-state index is 0.0612. The van der Waals surface area contributed by atoms with Gasteiger partial charge in [0.15, 0.2) is 0 Å². The van der Waals surface area contributed by atoms with Gasteiger partial charge in [0, 0.05) is 17.1 Å². The lowest BCUT2D eigenvalue weighted by molar-refractivity contribution is -0.115. The van der Waals surface area contributed by atoms with Gasteiger partial charge in [0.25, 0.3) is 0 Å². The van der Waals surface area contributed by atoms with E-state index in [1.54, 1.807) is 11.8 Å². The van der Waals surface area contributed by atoms with E-state index < -0.39 is 0 Å². The van der Waals surface area contributed by atoms with E-state index in [0.717, 1.165) is 22.1 Å². The Hall–Kier alpha value is -1.16. The first kappa shape index (κ1) is 11.3. The molecule has 1 aromatic carbocycles. The maximum absolute atomic E-state index is 11.5. The molecule has 2 rings (SSSR count). The Morgan fingerprint density at radius 1 is 1.44 bits per heavy atom. The Bertz CT molecular complexity index is 404. The normalized spacial score (nSPS) is 15.3. The largest absolute Gasteiger partial charge is 0.489 e. The molecule has 0 fully saturated rings. The predicted molar refractivity (Wildman–Crippen MR) is 66.2 cm³/mol. The van der Waals surface area contributed by atoms with Gasteiger partial charge < -0.3 is 10.1 Å². The van der Waals surface area contributed by atoms with Crippen LogP contribution in [0.2, 0.25) is 0 Å². The van der Waals surface area contributed by atoms with Crippen LogP contribution in [0.3, 0.4) is 0 Å². The molecule has 0 atom stereocenters. The number of carbonyl (C=O) groups is 1. The molecule has 4 heteroatoms. The zero-order valence-electron chi connectivity index (χ0n) is 9.45. The third kappa shape index (κ3) is 2.50. The van der Waals surface area contributed by atoms with Crippen molar-refractivity contribution in [1.82, 2.24) is 0 Å². The molecular weight excluding hydrogens is 222 g/mol. The summed E-state index contributed by atoms with van der Waals surface area (Å²) in [6, 6.07) is 5.87. The minimum absolute atomic E-state index is 0.0612. The van der Waals surface area contributed by atoms with Gasteiger partial charge in [0.1, 0.15) is 5.75 Å². The van der Waals surface area contributed by atoms with Crippen molar-refractivity contribution in [3.05, 3.63) is 18.2 Å². The molecule has 0 aromatic heterocycles. The molecule has 1 aromatic rings. The highest BCUT2D eigenvalue weighted by Crippen LogP contribution is 2.37. The highest BCUT2D eigenvalue weighted by molar-refractivity contribution is 7.99. The third-order valence-corrected chi connectivity index (χ3v) is 3.26. The van der Waals surface area contributed by atoms with Crippen LogP contribution < -0.4 is 10.1 Å². The third-order valence-electron chi connectivity index (χ3n) is 2.20. The average Bonchev–Trinajstić information content (AvgIpc) is 2.39. The molecule has 86 valence electrons. The number of hydrogen-bond acceptors (Lipinski definition) is 3. The number of benzene rings is 1. The molecule has 1 amide bonds. The first-order chi connectivity index (χ1) is 7.66. The summed E-state index contributed by atoms with van der Waals surface area (Å²) < 4.78 is 5.69. The molecule has 0 unspecified atom stereocenters. The van der Waals surface area contributed by atoms with Crippen molar-refractivity contribution < 1.29 is 9.53 Å². The molecular formula is C12H15NO2S. The number of nitrogens with one attached hydrogen (secondary N) is 1. The van der Waals surface area contributed by atoms with Crippen LogP contribution in [0.15, 0.2) is 23.1 Å². The van der Waals surface area contributed by atoms with E-state index >= 15 is 0 Å². The van der Waals surface area contributed by atoms with Gasteiger partial charge >= 0.3 is 0 Å². The summed E-state index contributed by atoms with van der Waals surface area (Å²) in [4.78, 5) is 12.6. The lowest BCUT2D eigenvalue weighted by atomic mass is 10.2. The number of rotatable bonds is 2. The SMILES string of the molecule is CC(C)Oc1cccc2c1NC(=O)CCS2. The molecule has 1 aliphatic heterocycles. The summed E-state index contributed by atoms with van der Waals surface area (Å²) in [6.07, 6.45) is 0.664. The summed E-state index contributed by atoms with van der Waals surface area (Å²) in [5, 5.41) is 2.91. The van der Waals surface area contributed by atoms with E-state index in [1.165, 1.54) is 0 Å². The summed E-state index contributed by atoms with van der Waals surface area (Å²) >= 11 is 1.69. The number of carbonyl (C=O) groups excluding carboxylic acids is 1. The van der Waals surface area contributed by atoms with E-state index in [0.29, 0.717) is 6.42 Å². The maximum Gasteiger partial charge on any atom is 0.225 e. The second kappa shape index (κ2) is 4.78. The fourth-order valence-electron chi connectivity index (χ4n) is 1.56. The van der Waals surface area contributed by atoms with E-state index in [1.807, 2.05) is 32.0 Å². The van der Waals surface area contributed by atoms with Crippen LogP contribution in [-0.2, 0) is 4.79 Å². The molecule has 0 bridgehead atoms. The van der Waals surface area contributed by atoms with Gasteiger partial charge in [-0.1, -0.05) is 6.07 Å². The van der Waals surface area contributed by atoms with Gasteiger partial charge in [0.05, 0.1) is 11.8 Å². The Balaban J connectivity index is 2.36. The Morgan fingerprint density at radius 3 is 3.00 bits per heavy atom. The first-order valence-corrected chi connectivity index (χ1v) is 6.37. The van der Waals surface area contributed by atoms with E-state index in [9.17, 15) is 4.79 Å². The molecule has 0 spiro atoms. The lowest BCUT2D eigenvalue weighted by Gasteiger charge is -2.15. The summed E-state index contributed by atoms with van der Waals surface area (Å²) in [7, 11) is 0. The van der Waals surface area contributed by atoms with E-state index in [4.69, 9.17) is 4.74 Å². The Kier molecular flexibility index (Phi) is 3.39. The fourth-order valence-corrected chi connectivity index (χ4v) is 2.54. The molecule has 1 aliphatic rings. The van der Waals surface area contributed by atoms with Crippen molar-refractivity contribution in [3.63, 3.8) is 0 Å². The van der Waals surface area contributed by atoms with Crippen LogP contribution >= 0.6 is 11.8 Å². The number of para-hydroxylation sites is 1. The highest BCUT2D eigenvalue weighted by atomic mass is 32.2. The van der Waals surface area contributed by atoms with Crippen LogP contribution in [-0.4, -0.2) is 17.8 Å². The number of thioether (sulfide) groups is 1. The Labute approximate surface area is 99.6 Å². The van der Waals surface area contributed by atoms with Crippen molar-refractivity contribution in [3.8, 4) is 5.75 Å². The summed E-state index contributed by atoms with van der Waals surface area (Å²) in [5.74, 6) is 1.64. The van der Waals surface area contributed by atoms with Gasteiger partial charge in [-0.05, 0) is 26.0 Å². The van der Waals surface area contributed by atoms with Crippen LogP contribution in [0.4, 0.5) is 5.69 Å². The molecule has 16 heavy (non-hydrogen) atoms. The van der Waals surface area contributed by atoms with E-state index in [2.05, 4.69) is 5.32 Å². The van der Waals surface area contributed by atoms with Gasteiger partial charge in [-0.2, -0.15) is 0 Å². The van der Waals surface area contributed by atoms with Crippen molar-refractivity contribution >= 4 is 23.4 Å². The maximum atomic E-state index is 11.5. The van der Waals surface area contributed by atoms with Gasteiger partial charge in [-0.25, -0.2) is 0 Å². The van der Waals surface area contributed by atoms with Crippen LogP contribution in [0.25, 0.3) is 0 Å². The van der Waals surface area contributed by atoms with Crippen molar-refractivity contribution in [2.75, 3.05) is 11.1 Å². The molecule has 0 radical (unpaired) electrons. The minimum Gasteiger partial charge on any atom is -0.489 e. The molecule has 0 saturated heterocycles. The second-order valence-corrected chi connectivity index (χ2v) is 5.08. The lowest BCUT2D eigenvalue weighted by Crippen LogP contribution is -2.13. The smallest absolute Gasteiger partial charge is 0.225 e. The van der Waals surface area contributed by atoms with E-state index in [-0.39, 0.29) is 12.0 Å². The predicted octanol–water partition coefficient (Wildman–Crippen LogP) is 2.91. The van der Waals surface area contributed by atoms with Crippen LogP contribution in [0.5, 0.6) is 5.75 Å². The van der Waals surface area contributed by atoms with Crippen molar-refractivity contribution in [2.24, 2.45) is 0 Å². The fraction of sp³-hybridized carbons (Fsp3) is 0.417. The molecule has 0 aliphatic carbocycles. The molecule has 1 heterocycles. The van der Waals surface area contributed by atoms with Crippen LogP contribution in [0.1, 0.15) is 20.3 Å².